The normalized spacial score (nSPS) is 12.2. The van der Waals surface area contributed by atoms with Crippen molar-refractivity contribution in [1.29, 1.82) is 0 Å². The maximum absolute atomic E-state index is 9.44. The molecule has 60 valence electrons. The van der Waals surface area contributed by atoms with Crippen LogP contribution < -0.4 is 0 Å². The predicted octanol–water partition coefficient (Wildman–Crippen LogP) is -1.77. The van der Waals surface area contributed by atoms with Crippen LogP contribution in [0.1, 0.15) is 0 Å². The van der Waals surface area contributed by atoms with Crippen LogP contribution in [0.5, 0.6) is 0 Å². The van der Waals surface area contributed by atoms with Crippen LogP contribution in [0, 0.1) is 0 Å². The molecule has 0 heterocycles. The molecule has 10 heteroatoms. The maximum Gasteiger partial charge on any atom is 0.413 e. The summed E-state index contributed by atoms with van der Waals surface area (Å²) in [4.78, 5) is 0. The van der Waals surface area contributed by atoms with Gasteiger partial charge in [0.25, 0.3) is 0 Å². The summed E-state index contributed by atoms with van der Waals surface area (Å²) in [5.74, 6) is 0. The van der Waals surface area contributed by atoms with Gasteiger partial charge in [0.1, 0.15) is 0 Å². The van der Waals surface area contributed by atoms with Crippen molar-refractivity contribution in [2.75, 3.05) is 0 Å². The van der Waals surface area contributed by atoms with Crippen LogP contribution >= 0.6 is 0 Å². The molecular formula is H2O7S2Si. The maximum atomic E-state index is 9.44. The van der Waals surface area contributed by atoms with Crippen LogP contribution in [0.15, 0.2) is 0 Å². The quantitative estimate of drug-likeness (QED) is 0.405. The van der Waals surface area contributed by atoms with Gasteiger partial charge in [0.15, 0.2) is 0 Å². The van der Waals surface area contributed by atoms with Crippen molar-refractivity contribution in [3.05, 3.63) is 0 Å². The first kappa shape index (κ1) is 12.7. The molecule has 0 rings (SSSR count). The topological polar surface area (TPSA) is 118 Å². The summed E-state index contributed by atoms with van der Waals surface area (Å²) in [5.41, 5.74) is 0. The minimum absolute atomic E-state index is 0. The van der Waals surface area contributed by atoms with Gasteiger partial charge in [-0.1, -0.05) is 0 Å². The highest BCUT2D eigenvalue weighted by Gasteiger charge is 2.15. The fourth-order valence-electron chi connectivity index (χ4n) is 0.109. The van der Waals surface area contributed by atoms with E-state index in [9.17, 15) is 16.8 Å². The summed E-state index contributed by atoms with van der Waals surface area (Å²) < 4.78 is 55.6. The average Bonchev–Trinajstić information content (AvgIpc) is 1.14. The third-order valence-electron chi connectivity index (χ3n) is 0.172. The first-order valence-electron chi connectivity index (χ1n) is 1.37. The summed E-state index contributed by atoms with van der Waals surface area (Å²) in [5, 5.41) is 0. The third kappa shape index (κ3) is 10.9. The Kier molecular flexibility index (Phi) is 4.31. The van der Waals surface area contributed by atoms with Crippen LogP contribution in [0.2, 0.25) is 0 Å². The summed E-state index contributed by atoms with van der Waals surface area (Å²) in [6, 6.07) is 0. The second-order valence-corrected chi connectivity index (χ2v) is 3.18. The zero-order valence-electron chi connectivity index (χ0n) is 4.25. The highest BCUT2D eigenvalue weighted by Crippen LogP contribution is 1.91. The standard InChI is InChI=1S/H2O7S2.Si/c1-8(2,3)7-9(4,5)6;/h(H,1,2,3)(H,4,5,6);. The van der Waals surface area contributed by atoms with Crippen molar-refractivity contribution in [1.82, 2.24) is 0 Å². The summed E-state index contributed by atoms with van der Waals surface area (Å²) >= 11 is 0. The predicted molar refractivity (Wildman–Crippen MR) is 29.9 cm³/mol. The molecule has 0 saturated heterocycles. The number of hydrogen-bond acceptors (Lipinski definition) is 5. The first-order chi connectivity index (χ1) is 3.71. The Morgan fingerprint density at radius 2 is 1.10 bits per heavy atom. The highest BCUT2D eigenvalue weighted by molar-refractivity contribution is 7.94. The molecule has 0 fully saturated rings. The Hall–Kier alpha value is -0.00312. The minimum Gasteiger partial charge on any atom is -0.263 e. The largest absolute Gasteiger partial charge is 0.413 e. The zero-order valence-corrected chi connectivity index (χ0v) is 6.89. The van der Waals surface area contributed by atoms with Gasteiger partial charge >= 0.3 is 20.8 Å². The molecule has 0 aliphatic rings. The second-order valence-electron chi connectivity index (χ2n) is 0.924. The Labute approximate surface area is 61.9 Å². The van der Waals surface area contributed by atoms with E-state index in [4.69, 9.17) is 9.11 Å². The Balaban J connectivity index is 0. The van der Waals surface area contributed by atoms with E-state index >= 15 is 0 Å². The fraction of sp³-hybridized carbons (Fsp3) is 0. The molecule has 0 amide bonds. The van der Waals surface area contributed by atoms with Crippen molar-refractivity contribution < 1.29 is 29.6 Å². The van der Waals surface area contributed by atoms with Gasteiger partial charge in [-0.2, -0.15) is 16.8 Å². The van der Waals surface area contributed by atoms with Gasteiger partial charge in [-0.15, -0.1) is 3.63 Å². The molecule has 7 nitrogen and oxygen atoms in total. The van der Waals surface area contributed by atoms with Gasteiger partial charge < -0.3 is 0 Å². The van der Waals surface area contributed by atoms with Crippen LogP contribution in [-0.2, 0) is 24.4 Å². The van der Waals surface area contributed by atoms with Gasteiger partial charge in [-0.05, 0) is 0 Å². The molecule has 0 unspecified atom stereocenters. The van der Waals surface area contributed by atoms with Crippen molar-refractivity contribution in [2.24, 2.45) is 0 Å². The summed E-state index contributed by atoms with van der Waals surface area (Å²) in [6.07, 6.45) is 0. The van der Waals surface area contributed by atoms with E-state index in [0.29, 0.717) is 0 Å². The lowest BCUT2D eigenvalue weighted by atomic mass is 15.8. The fourth-order valence-corrected chi connectivity index (χ4v) is 0.978. The molecule has 10 heavy (non-hydrogen) atoms. The molecule has 0 aromatic heterocycles. The SMILES string of the molecule is O=S(=O)(O)OS(=O)(=O)O.[Si]. The van der Waals surface area contributed by atoms with Crippen molar-refractivity contribution >= 4 is 31.8 Å². The lowest BCUT2D eigenvalue weighted by Gasteiger charge is -1.89. The average molecular weight is 206 g/mol. The van der Waals surface area contributed by atoms with Gasteiger partial charge in [-0.25, -0.2) is 0 Å². The molecule has 0 bridgehead atoms. The molecular weight excluding hydrogens is 204 g/mol. The van der Waals surface area contributed by atoms with E-state index in [-0.39, 0.29) is 11.0 Å². The summed E-state index contributed by atoms with van der Waals surface area (Å²) in [6.45, 7) is 0. The van der Waals surface area contributed by atoms with Crippen LogP contribution in [0.4, 0.5) is 0 Å². The van der Waals surface area contributed by atoms with Gasteiger partial charge in [-0.3, -0.25) is 9.11 Å². The Bertz CT molecular complexity index is 237. The van der Waals surface area contributed by atoms with E-state index in [1.165, 1.54) is 0 Å². The first-order valence-corrected chi connectivity index (χ1v) is 4.10. The van der Waals surface area contributed by atoms with E-state index in [0.717, 1.165) is 0 Å². The molecule has 0 aromatic rings. The zero-order chi connectivity index (χ0) is 7.71. The lowest BCUT2D eigenvalue weighted by molar-refractivity contribution is 0.344. The van der Waals surface area contributed by atoms with Crippen molar-refractivity contribution in [2.45, 2.75) is 0 Å². The minimum atomic E-state index is -5.12. The van der Waals surface area contributed by atoms with E-state index in [1.807, 2.05) is 0 Å². The Morgan fingerprint density at radius 1 is 0.900 bits per heavy atom. The van der Waals surface area contributed by atoms with Gasteiger partial charge in [0, 0.05) is 11.0 Å². The van der Waals surface area contributed by atoms with E-state index < -0.39 is 20.8 Å². The van der Waals surface area contributed by atoms with Crippen LogP contribution in [-0.4, -0.2) is 36.9 Å². The lowest BCUT2D eigenvalue weighted by Crippen LogP contribution is -2.10. The Morgan fingerprint density at radius 3 is 1.10 bits per heavy atom. The molecule has 0 spiro atoms. The molecule has 4 radical (unpaired) electrons. The van der Waals surface area contributed by atoms with E-state index in [2.05, 4.69) is 3.63 Å². The molecule has 2 N–H and O–H groups in total. The molecule has 0 atom stereocenters. The van der Waals surface area contributed by atoms with Crippen molar-refractivity contribution in [3.8, 4) is 0 Å². The summed E-state index contributed by atoms with van der Waals surface area (Å²) in [7, 11) is -10.2. The van der Waals surface area contributed by atoms with Crippen LogP contribution in [0.25, 0.3) is 0 Å². The molecule has 0 aliphatic heterocycles. The molecule has 0 aromatic carbocycles. The third-order valence-corrected chi connectivity index (χ3v) is 1.55. The van der Waals surface area contributed by atoms with Gasteiger partial charge in [0.2, 0.25) is 0 Å². The molecule has 0 saturated carbocycles. The second kappa shape index (κ2) is 3.41. The van der Waals surface area contributed by atoms with Crippen LogP contribution in [0.3, 0.4) is 0 Å². The smallest absolute Gasteiger partial charge is 0.263 e. The van der Waals surface area contributed by atoms with Crippen molar-refractivity contribution in [3.63, 3.8) is 0 Å². The number of hydrogen-bond donors (Lipinski definition) is 2. The monoisotopic (exact) mass is 206 g/mol. The molecule has 0 aliphatic carbocycles. The van der Waals surface area contributed by atoms with Gasteiger partial charge in [0.05, 0.1) is 0 Å². The highest BCUT2D eigenvalue weighted by atomic mass is 32.3. The van der Waals surface area contributed by atoms with E-state index in [1.54, 1.807) is 0 Å². The number of rotatable bonds is 2.